The van der Waals surface area contributed by atoms with Gasteiger partial charge in [-0.25, -0.2) is 9.37 Å². The number of aryl methyl sites for hydroxylation is 1. The topological polar surface area (TPSA) is 90.0 Å². The zero-order valence-electron chi connectivity index (χ0n) is 19.0. The molecule has 184 valence electrons. The van der Waals surface area contributed by atoms with Gasteiger partial charge < -0.3 is 11.1 Å². The molecule has 0 radical (unpaired) electrons. The first-order valence-electron chi connectivity index (χ1n) is 10.3. The van der Waals surface area contributed by atoms with Crippen LogP contribution in [0.1, 0.15) is 47.7 Å². The molecular formula is C24H28Br2ClFN4O2. The molecule has 0 fully saturated rings. The Morgan fingerprint density at radius 3 is 2.47 bits per heavy atom. The van der Waals surface area contributed by atoms with E-state index < -0.39 is 17.6 Å². The number of benzene rings is 2. The van der Waals surface area contributed by atoms with Crippen molar-refractivity contribution >= 4 is 57.3 Å². The molecule has 0 saturated carbocycles. The molecular weight excluding hydrogens is 591 g/mol. The van der Waals surface area contributed by atoms with Gasteiger partial charge in [-0.15, -0.1) is 34.0 Å². The minimum Gasteiger partial charge on any atom is -0.349 e. The summed E-state index contributed by atoms with van der Waals surface area (Å²) >= 11 is 6.17. The summed E-state index contributed by atoms with van der Waals surface area (Å²) in [6, 6.07) is 10.0. The van der Waals surface area contributed by atoms with Crippen LogP contribution in [0.25, 0.3) is 5.69 Å². The summed E-state index contributed by atoms with van der Waals surface area (Å²) in [4.78, 5) is 29.9. The van der Waals surface area contributed by atoms with Gasteiger partial charge in [-0.3, -0.25) is 14.2 Å². The molecule has 0 unspecified atom stereocenters. The van der Waals surface area contributed by atoms with Crippen LogP contribution in [0.2, 0.25) is 5.02 Å². The Morgan fingerprint density at radius 1 is 1.15 bits per heavy atom. The van der Waals surface area contributed by atoms with Crippen LogP contribution < -0.4 is 11.1 Å². The molecule has 2 aromatic carbocycles. The van der Waals surface area contributed by atoms with Crippen LogP contribution in [0, 0.1) is 18.7 Å². The smallest absolute Gasteiger partial charge is 0.237 e. The predicted octanol–water partition coefficient (Wildman–Crippen LogP) is 5.35. The Labute approximate surface area is 224 Å². The van der Waals surface area contributed by atoms with Gasteiger partial charge >= 0.3 is 0 Å². The second-order valence-electron chi connectivity index (χ2n) is 8.06. The third kappa shape index (κ3) is 6.97. The lowest BCUT2D eigenvalue weighted by Crippen LogP contribution is -2.41. The van der Waals surface area contributed by atoms with E-state index in [1.807, 2.05) is 13.8 Å². The summed E-state index contributed by atoms with van der Waals surface area (Å²) in [5.41, 5.74) is 7.29. The SMILES string of the molecule is Br.Br.Cc1ncc(CNC(=O)[C@@H](N)CC(C)C)n1-c1ccc(Cl)cc1C(=O)c1ccccc1F. The van der Waals surface area contributed by atoms with Gasteiger partial charge in [0, 0.05) is 10.6 Å². The number of amides is 1. The predicted molar refractivity (Wildman–Crippen MR) is 143 cm³/mol. The number of nitrogens with one attached hydrogen (secondary N) is 1. The Bertz CT molecular complexity index is 1150. The molecule has 3 N–H and O–H groups in total. The highest BCUT2D eigenvalue weighted by Crippen LogP contribution is 2.26. The van der Waals surface area contributed by atoms with Crippen molar-refractivity contribution in [1.29, 1.82) is 0 Å². The highest BCUT2D eigenvalue weighted by atomic mass is 79.9. The van der Waals surface area contributed by atoms with E-state index in [9.17, 15) is 14.0 Å². The largest absolute Gasteiger partial charge is 0.349 e. The third-order valence-corrected chi connectivity index (χ3v) is 5.31. The number of nitrogens with two attached hydrogens (primary N) is 1. The van der Waals surface area contributed by atoms with Crippen LogP contribution in [0.15, 0.2) is 48.7 Å². The average Bonchev–Trinajstić information content (AvgIpc) is 3.11. The molecule has 0 aliphatic rings. The molecule has 34 heavy (non-hydrogen) atoms. The zero-order chi connectivity index (χ0) is 23.4. The van der Waals surface area contributed by atoms with Crippen molar-refractivity contribution in [2.45, 2.75) is 39.8 Å². The van der Waals surface area contributed by atoms with Crippen molar-refractivity contribution in [3.05, 3.63) is 82.1 Å². The first-order chi connectivity index (χ1) is 15.2. The maximum Gasteiger partial charge on any atom is 0.237 e. The van der Waals surface area contributed by atoms with E-state index in [-0.39, 0.29) is 57.5 Å². The average molecular weight is 619 g/mol. The molecule has 1 amide bonds. The zero-order valence-corrected chi connectivity index (χ0v) is 23.2. The molecule has 0 saturated heterocycles. The van der Waals surface area contributed by atoms with Crippen molar-refractivity contribution in [3.63, 3.8) is 0 Å². The van der Waals surface area contributed by atoms with Gasteiger partial charge in [0.2, 0.25) is 5.91 Å². The van der Waals surface area contributed by atoms with E-state index in [4.69, 9.17) is 17.3 Å². The van der Waals surface area contributed by atoms with E-state index in [2.05, 4.69) is 10.3 Å². The lowest BCUT2D eigenvalue weighted by Gasteiger charge is -2.17. The standard InChI is InChI=1S/C24H26ClFN4O2.2BrH/c1-14(2)10-21(27)24(32)29-13-17-12-28-15(3)30(17)22-9-8-16(25)11-19(22)23(31)18-6-4-5-7-20(18)26;;/h4-9,11-12,14,21H,10,13,27H2,1-3H3,(H,29,32);2*1H/t21-;;/m0../s1. The van der Waals surface area contributed by atoms with Gasteiger partial charge in [0.15, 0.2) is 5.78 Å². The molecule has 3 rings (SSSR count). The van der Waals surface area contributed by atoms with Crippen molar-refractivity contribution in [2.75, 3.05) is 0 Å². The number of carbonyl (C=O) groups is 2. The lowest BCUT2D eigenvalue weighted by atomic mass is 10.0. The van der Waals surface area contributed by atoms with Gasteiger partial charge in [-0.05, 0) is 49.6 Å². The van der Waals surface area contributed by atoms with Gasteiger partial charge in [-0.1, -0.05) is 37.6 Å². The van der Waals surface area contributed by atoms with Crippen LogP contribution in [-0.4, -0.2) is 27.3 Å². The number of rotatable bonds is 8. The van der Waals surface area contributed by atoms with Crippen molar-refractivity contribution in [3.8, 4) is 5.69 Å². The van der Waals surface area contributed by atoms with Crippen LogP contribution in [0.5, 0.6) is 0 Å². The molecule has 0 aliphatic heterocycles. The first kappa shape index (κ1) is 30.0. The summed E-state index contributed by atoms with van der Waals surface area (Å²) in [7, 11) is 0. The number of hydrogen-bond donors (Lipinski definition) is 2. The van der Waals surface area contributed by atoms with Crippen molar-refractivity contribution in [1.82, 2.24) is 14.9 Å². The summed E-state index contributed by atoms with van der Waals surface area (Å²) in [6.07, 6.45) is 2.19. The van der Waals surface area contributed by atoms with Crippen LogP contribution in [-0.2, 0) is 11.3 Å². The monoisotopic (exact) mass is 616 g/mol. The molecule has 1 heterocycles. The summed E-state index contributed by atoms with van der Waals surface area (Å²) < 4.78 is 16.1. The summed E-state index contributed by atoms with van der Waals surface area (Å²) in [5, 5.41) is 3.18. The molecule has 1 aromatic heterocycles. The highest BCUT2D eigenvalue weighted by molar-refractivity contribution is 8.93. The number of nitrogens with zero attached hydrogens (tertiary/aromatic N) is 2. The number of halogens is 4. The van der Waals surface area contributed by atoms with E-state index in [0.717, 1.165) is 0 Å². The van der Waals surface area contributed by atoms with Crippen LogP contribution in [0.4, 0.5) is 4.39 Å². The van der Waals surface area contributed by atoms with Gasteiger partial charge in [0.05, 0.1) is 35.7 Å². The van der Waals surface area contributed by atoms with Crippen LogP contribution >= 0.6 is 45.6 Å². The third-order valence-electron chi connectivity index (χ3n) is 5.08. The molecule has 0 spiro atoms. The molecule has 0 bridgehead atoms. The quantitative estimate of drug-likeness (QED) is 0.333. The van der Waals surface area contributed by atoms with E-state index in [1.165, 1.54) is 24.3 Å². The summed E-state index contributed by atoms with van der Waals surface area (Å²) in [5.74, 6) is -0.474. The second-order valence-corrected chi connectivity index (χ2v) is 8.49. The van der Waals surface area contributed by atoms with E-state index >= 15 is 0 Å². The van der Waals surface area contributed by atoms with Crippen LogP contribution in [0.3, 0.4) is 0 Å². The number of ketones is 1. The molecule has 6 nitrogen and oxygen atoms in total. The lowest BCUT2D eigenvalue weighted by molar-refractivity contribution is -0.122. The number of carbonyl (C=O) groups excluding carboxylic acids is 2. The van der Waals surface area contributed by atoms with Gasteiger partial charge in [0.25, 0.3) is 0 Å². The number of hydrogen-bond acceptors (Lipinski definition) is 4. The molecule has 1 atom stereocenters. The Kier molecular flexibility index (Phi) is 11.6. The first-order valence-corrected chi connectivity index (χ1v) is 10.7. The fourth-order valence-electron chi connectivity index (χ4n) is 3.54. The Balaban J connectivity index is 0.00000289. The van der Waals surface area contributed by atoms with Gasteiger partial charge in [0.1, 0.15) is 11.6 Å². The molecule has 0 aliphatic carbocycles. The Morgan fingerprint density at radius 2 is 1.82 bits per heavy atom. The highest BCUT2D eigenvalue weighted by Gasteiger charge is 2.22. The molecule has 3 aromatic rings. The van der Waals surface area contributed by atoms with E-state index in [0.29, 0.717) is 34.6 Å². The summed E-state index contributed by atoms with van der Waals surface area (Å²) in [6.45, 7) is 5.95. The Hall–Kier alpha value is -2.07. The fraction of sp³-hybridized carbons (Fsp3) is 0.292. The normalized spacial score (nSPS) is 11.4. The maximum atomic E-state index is 14.3. The van der Waals surface area contributed by atoms with Crippen molar-refractivity contribution in [2.24, 2.45) is 11.7 Å². The maximum absolute atomic E-state index is 14.3. The van der Waals surface area contributed by atoms with E-state index in [1.54, 1.807) is 35.9 Å². The fourth-order valence-corrected chi connectivity index (χ4v) is 3.72. The van der Waals surface area contributed by atoms with Gasteiger partial charge in [-0.2, -0.15) is 0 Å². The molecule has 10 heteroatoms. The van der Waals surface area contributed by atoms with Crippen molar-refractivity contribution < 1.29 is 14.0 Å². The number of aromatic nitrogens is 2. The second kappa shape index (κ2) is 13.1. The minimum atomic E-state index is -0.614. The minimum absolute atomic E-state index is 0. The number of imidazole rings is 1.